The van der Waals surface area contributed by atoms with E-state index in [1.54, 1.807) is 26.0 Å². The summed E-state index contributed by atoms with van der Waals surface area (Å²) in [5.74, 6) is -0.913. The summed E-state index contributed by atoms with van der Waals surface area (Å²) in [5, 5.41) is 2.51. The SMILES string of the molecule is CCOC(=O)c1ccc(NC(=O)NNC(=O)C2(C)CC2(Cl)Cl)cc1. The van der Waals surface area contributed by atoms with Crippen molar-refractivity contribution in [3.8, 4) is 0 Å². The number of carbonyl (C=O) groups excluding carboxylic acids is 3. The van der Waals surface area contributed by atoms with Crippen LogP contribution in [0, 0.1) is 5.41 Å². The Labute approximate surface area is 149 Å². The molecule has 1 aromatic rings. The van der Waals surface area contributed by atoms with E-state index in [4.69, 9.17) is 27.9 Å². The van der Waals surface area contributed by atoms with Gasteiger partial charge in [0, 0.05) is 5.69 Å². The zero-order valence-corrected chi connectivity index (χ0v) is 14.6. The van der Waals surface area contributed by atoms with E-state index in [-0.39, 0.29) is 6.61 Å². The highest BCUT2D eigenvalue weighted by Crippen LogP contribution is 2.63. The van der Waals surface area contributed by atoms with E-state index in [1.807, 2.05) is 0 Å². The number of amides is 3. The largest absolute Gasteiger partial charge is 0.462 e. The molecular weight excluding hydrogens is 357 g/mol. The summed E-state index contributed by atoms with van der Waals surface area (Å²) in [6.07, 6.45) is 0.313. The van der Waals surface area contributed by atoms with Crippen molar-refractivity contribution in [2.45, 2.75) is 24.6 Å². The highest BCUT2D eigenvalue weighted by molar-refractivity contribution is 6.53. The highest BCUT2D eigenvalue weighted by atomic mass is 35.5. The molecule has 24 heavy (non-hydrogen) atoms. The van der Waals surface area contributed by atoms with E-state index in [1.165, 1.54) is 12.1 Å². The van der Waals surface area contributed by atoms with Crippen LogP contribution in [0.3, 0.4) is 0 Å². The predicted octanol–water partition coefficient (Wildman–Crippen LogP) is 2.60. The van der Waals surface area contributed by atoms with Gasteiger partial charge in [-0.05, 0) is 44.5 Å². The molecule has 1 aliphatic carbocycles. The molecule has 0 saturated heterocycles. The lowest BCUT2D eigenvalue weighted by Crippen LogP contribution is -2.47. The molecule has 3 amide bonds. The maximum Gasteiger partial charge on any atom is 0.338 e. The van der Waals surface area contributed by atoms with Gasteiger partial charge in [0.25, 0.3) is 0 Å². The van der Waals surface area contributed by atoms with Crippen LogP contribution >= 0.6 is 23.2 Å². The summed E-state index contributed by atoms with van der Waals surface area (Å²) in [5.41, 5.74) is 4.37. The van der Waals surface area contributed by atoms with Crippen molar-refractivity contribution >= 4 is 46.8 Å². The number of hydrazine groups is 1. The van der Waals surface area contributed by atoms with Gasteiger partial charge in [-0.3, -0.25) is 10.2 Å². The Morgan fingerprint density at radius 1 is 1.17 bits per heavy atom. The molecule has 0 aromatic heterocycles. The third kappa shape index (κ3) is 3.91. The van der Waals surface area contributed by atoms with Crippen LogP contribution in [-0.4, -0.2) is 28.8 Å². The minimum atomic E-state index is -1.11. The Balaban J connectivity index is 1.82. The molecule has 1 unspecified atom stereocenters. The second kappa shape index (κ2) is 6.86. The Kier molecular flexibility index (Phi) is 5.25. The fourth-order valence-corrected chi connectivity index (χ4v) is 2.67. The molecule has 1 atom stereocenters. The van der Waals surface area contributed by atoms with E-state index < -0.39 is 27.7 Å². The molecule has 130 valence electrons. The van der Waals surface area contributed by atoms with Gasteiger partial charge in [0.05, 0.1) is 17.6 Å². The van der Waals surface area contributed by atoms with Crippen LogP contribution in [0.5, 0.6) is 0 Å². The summed E-state index contributed by atoms with van der Waals surface area (Å²) in [4.78, 5) is 35.2. The number of urea groups is 1. The first-order valence-corrected chi connectivity index (χ1v) is 7.97. The molecule has 0 radical (unpaired) electrons. The van der Waals surface area contributed by atoms with Crippen LogP contribution in [0.15, 0.2) is 24.3 Å². The lowest BCUT2D eigenvalue weighted by molar-refractivity contribution is -0.126. The standard InChI is InChI=1S/C15H17Cl2N3O4/c1-3-24-11(21)9-4-6-10(7-5-9)18-13(23)20-19-12(22)14(2)8-15(14,16)17/h4-7H,3,8H2,1-2H3,(H,19,22)(H2,18,20,23). The number of esters is 1. The molecule has 1 saturated carbocycles. The first-order chi connectivity index (χ1) is 11.2. The number of nitrogens with one attached hydrogen (secondary N) is 3. The summed E-state index contributed by atoms with van der Waals surface area (Å²) in [6, 6.07) is 5.47. The molecule has 2 rings (SSSR count). The zero-order valence-electron chi connectivity index (χ0n) is 13.1. The van der Waals surface area contributed by atoms with Crippen molar-refractivity contribution in [2.24, 2.45) is 5.41 Å². The fraction of sp³-hybridized carbons (Fsp3) is 0.400. The van der Waals surface area contributed by atoms with Gasteiger partial charge in [0.1, 0.15) is 4.33 Å². The number of benzene rings is 1. The van der Waals surface area contributed by atoms with E-state index in [2.05, 4.69) is 16.2 Å². The Morgan fingerprint density at radius 2 is 1.75 bits per heavy atom. The number of alkyl halides is 2. The van der Waals surface area contributed by atoms with Crippen molar-refractivity contribution in [1.29, 1.82) is 0 Å². The van der Waals surface area contributed by atoms with Gasteiger partial charge >= 0.3 is 12.0 Å². The van der Waals surface area contributed by atoms with Crippen LogP contribution in [0.25, 0.3) is 0 Å². The van der Waals surface area contributed by atoms with Crippen molar-refractivity contribution < 1.29 is 19.1 Å². The number of halogens is 2. The van der Waals surface area contributed by atoms with Gasteiger partial charge in [-0.2, -0.15) is 0 Å². The summed E-state index contributed by atoms with van der Waals surface area (Å²) < 4.78 is 3.75. The number of hydrogen-bond acceptors (Lipinski definition) is 4. The predicted molar refractivity (Wildman–Crippen MR) is 89.9 cm³/mol. The maximum atomic E-state index is 11.9. The third-order valence-electron chi connectivity index (χ3n) is 3.70. The van der Waals surface area contributed by atoms with E-state index in [0.717, 1.165) is 0 Å². The van der Waals surface area contributed by atoms with E-state index in [0.29, 0.717) is 17.7 Å². The smallest absolute Gasteiger partial charge is 0.338 e. The molecule has 0 spiro atoms. The Morgan fingerprint density at radius 3 is 2.25 bits per heavy atom. The van der Waals surface area contributed by atoms with Gasteiger partial charge in [0.15, 0.2) is 0 Å². The van der Waals surface area contributed by atoms with Crippen molar-refractivity contribution in [3.63, 3.8) is 0 Å². The van der Waals surface area contributed by atoms with Gasteiger partial charge in [-0.1, -0.05) is 0 Å². The molecule has 1 aromatic carbocycles. The summed E-state index contributed by atoms with van der Waals surface area (Å²) in [6.45, 7) is 3.61. The molecule has 0 aliphatic heterocycles. The Hall–Kier alpha value is -1.99. The van der Waals surface area contributed by atoms with Crippen LogP contribution < -0.4 is 16.2 Å². The van der Waals surface area contributed by atoms with Gasteiger partial charge in [-0.25, -0.2) is 15.0 Å². The monoisotopic (exact) mass is 373 g/mol. The summed E-state index contributed by atoms with van der Waals surface area (Å²) in [7, 11) is 0. The van der Waals surface area contributed by atoms with Gasteiger partial charge in [0.2, 0.25) is 5.91 Å². The second-order valence-electron chi connectivity index (χ2n) is 5.54. The minimum Gasteiger partial charge on any atom is -0.462 e. The van der Waals surface area contributed by atoms with Crippen molar-refractivity contribution in [2.75, 3.05) is 11.9 Å². The van der Waals surface area contributed by atoms with Gasteiger partial charge in [-0.15, -0.1) is 23.2 Å². The van der Waals surface area contributed by atoms with E-state index >= 15 is 0 Å². The third-order valence-corrected chi connectivity index (χ3v) is 4.80. The lowest BCUT2D eigenvalue weighted by Gasteiger charge is -2.14. The normalized spacial score (nSPS) is 20.7. The van der Waals surface area contributed by atoms with Crippen molar-refractivity contribution in [1.82, 2.24) is 10.9 Å². The number of anilines is 1. The first kappa shape index (κ1) is 18.4. The second-order valence-corrected chi connectivity index (χ2v) is 7.03. The van der Waals surface area contributed by atoms with E-state index in [9.17, 15) is 14.4 Å². The average molecular weight is 374 g/mol. The topological polar surface area (TPSA) is 96.5 Å². The Bertz CT molecular complexity index is 663. The van der Waals surface area contributed by atoms with Crippen molar-refractivity contribution in [3.05, 3.63) is 29.8 Å². The molecule has 1 aliphatic rings. The minimum absolute atomic E-state index is 0.283. The lowest BCUT2D eigenvalue weighted by atomic mass is 10.1. The maximum absolute atomic E-state index is 11.9. The quantitative estimate of drug-likeness (QED) is 0.429. The van der Waals surface area contributed by atoms with Crippen LogP contribution in [0.4, 0.5) is 10.5 Å². The molecule has 7 nitrogen and oxygen atoms in total. The molecule has 1 fully saturated rings. The highest BCUT2D eigenvalue weighted by Gasteiger charge is 2.68. The fourth-order valence-electron chi connectivity index (χ4n) is 1.96. The van der Waals surface area contributed by atoms with Crippen LogP contribution in [0.1, 0.15) is 30.6 Å². The first-order valence-electron chi connectivity index (χ1n) is 7.22. The zero-order chi connectivity index (χ0) is 18.0. The number of ether oxygens (including phenoxy) is 1. The number of rotatable bonds is 4. The number of hydrogen-bond donors (Lipinski definition) is 3. The molecular formula is C15H17Cl2N3O4. The van der Waals surface area contributed by atoms with Crippen LogP contribution in [0.2, 0.25) is 0 Å². The molecule has 0 bridgehead atoms. The number of carbonyl (C=O) groups is 3. The van der Waals surface area contributed by atoms with Gasteiger partial charge < -0.3 is 10.1 Å². The average Bonchev–Trinajstić information content (AvgIpc) is 3.05. The van der Waals surface area contributed by atoms with Crippen LogP contribution in [-0.2, 0) is 9.53 Å². The molecule has 0 heterocycles. The summed E-state index contributed by atoms with van der Waals surface area (Å²) >= 11 is 11.8. The molecule has 9 heteroatoms. The molecule has 3 N–H and O–H groups in total.